The van der Waals surface area contributed by atoms with Crippen molar-refractivity contribution in [2.24, 2.45) is 5.73 Å². The van der Waals surface area contributed by atoms with Gasteiger partial charge in [-0.2, -0.15) is 0 Å². The third-order valence-electron chi connectivity index (χ3n) is 2.69. The van der Waals surface area contributed by atoms with E-state index in [1.807, 2.05) is 30.3 Å². The van der Waals surface area contributed by atoms with Gasteiger partial charge in [-0.3, -0.25) is 4.98 Å². The molecule has 1 aromatic carbocycles. The summed E-state index contributed by atoms with van der Waals surface area (Å²) < 4.78 is 5.70. The van der Waals surface area contributed by atoms with Crippen molar-refractivity contribution in [3.8, 4) is 11.6 Å². The van der Waals surface area contributed by atoms with Gasteiger partial charge >= 0.3 is 0 Å². The van der Waals surface area contributed by atoms with E-state index in [0.29, 0.717) is 11.4 Å². The molecular weight excluding hydrogens is 272 g/mol. The highest BCUT2D eigenvalue weighted by Gasteiger charge is 2.10. The number of hydrogen-bond acceptors (Lipinski definition) is 5. The van der Waals surface area contributed by atoms with Crippen LogP contribution in [0.15, 0.2) is 48.9 Å². The van der Waals surface area contributed by atoms with Crippen LogP contribution in [0.3, 0.4) is 0 Å². The van der Waals surface area contributed by atoms with Gasteiger partial charge in [0.25, 0.3) is 0 Å². The minimum atomic E-state index is 0.145. The van der Waals surface area contributed by atoms with Crippen LogP contribution in [0.25, 0.3) is 10.9 Å². The van der Waals surface area contributed by atoms with Gasteiger partial charge in [0.15, 0.2) is 5.69 Å². The highest BCUT2D eigenvalue weighted by Crippen LogP contribution is 2.24. The van der Waals surface area contributed by atoms with Crippen molar-refractivity contribution in [1.29, 1.82) is 0 Å². The zero-order valence-corrected chi connectivity index (χ0v) is 11.2. The first-order chi connectivity index (χ1) is 9.74. The van der Waals surface area contributed by atoms with Crippen molar-refractivity contribution < 1.29 is 4.74 Å². The van der Waals surface area contributed by atoms with Crippen LogP contribution in [0.4, 0.5) is 0 Å². The van der Waals surface area contributed by atoms with Gasteiger partial charge in [0.2, 0.25) is 5.88 Å². The second kappa shape index (κ2) is 5.18. The molecule has 0 saturated carbocycles. The van der Waals surface area contributed by atoms with E-state index in [9.17, 15) is 0 Å². The maximum absolute atomic E-state index is 5.70. The smallest absolute Gasteiger partial charge is 0.248 e. The topological polar surface area (TPSA) is 73.9 Å². The number of thiocarbonyl (C=S) groups is 1. The van der Waals surface area contributed by atoms with Crippen molar-refractivity contribution in [3.63, 3.8) is 0 Å². The van der Waals surface area contributed by atoms with E-state index in [4.69, 9.17) is 22.7 Å². The van der Waals surface area contributed by atoms with E-state index >= 15 is 0 Å². The molecule has 20 heavy (non-hydrogen) atoms. The van der Waals surface area contributed by atoms with Crippen molar-refractivity contribution >= 4 is 28.1 Å². The fourth-order valence-corrected chi connectivity index (χ4v) is 1.93. The average molecular weight is 282 g/mol. The van der Waals surface area contributed by atoms with Crippen LogP contribution >= 0.6 is 12.2 Å². The molecule has 5 nitrogen and oxygen atoms in total. The van der Waals surface area contributed by atoms with Gasteiger partial charge in [-0.05, 0) is 18.2 Å². The molecule has 0 radical (unpaired) electrons. The van der Waals surface area contributed by atoms with Crippen molar-refractivity contribution in [2.45, 2.75) is 0 Å². The lowest BCUT2D eigenvalue weighted by atomic mass is 10.2. The summed E-state index contributed by atoms with van der Waals surface area (Å²) in [6.07, 6.45) is 4.77. The Labute approximate surface area is 120 Å². The van der Waals surface area contributed by atoms with Gasteiger partial charge in [0.1, 0.15) is 10.7 Å². The molecule has 0 aliphatic carbocycles. The quantitative estimate of drug-likeness (QED) is 0.744. The first kappa shape index (κ1) is 12.4. The zero-order chi connectivity index (χ0) is 13.9. The van der Waals surface area contributed by atoms with E-state index < -0.39 is 0 Å². The van der Waals surface area contributed by atoms with Gasteiger partial charge in [-0.1, -0.05) is 18.3 Å². The molecular formula is C14H10N4OS. The number of benzene rings is 1. The summed E-state index contributed by atoms with van der Waals surface area (Å²) in [5, 5.41) is 1.04. The molecule has 3 rings (SSSR count). The van der Waals surface area contributed by atoms with E-state index in [1.165, 1.54) is 12.4 Å². The number of ether oxygens (including phenoxy) is 1. The summed E-state index contributed by atoms with van der Waals surface area (Å²) in [4.78, 5) is 12.6. The van der Waals surface area contributed by atoms with E-state index in [0.717, 1.165) is 10.9 Å². The average Bonchev–Trinajstić information content (AvgIpc) is 2.47. The summed E-state index contributed by atoms with van der Waals surface area (Å²) in [6, 6.07) is 9.45. The van der Waals surface area contributed by atoms with Crippen LogP contribution in [0.5, 0.6) is 11.6 Å². The molecule has 0 spiro atoms. The molecule has 0 bridgehead atoms. The molecule has 2 N–H and O–H groups in total. The number of fused-ring (bicyclic) bond motifs is 1. The van der Waals surface area contributed by atoms with E-state index in [2.05, 4.69) is 15.0 Å². The van der Waals surface area contributed by atoms with Crippen LogP contribution in [-0.2, 0) is 0 Å². The summed E-state index contributed by atoms with van der Waals surface area (Å²) >= 11 is 4.93. The van der Waals surface area contributed by atoms with Crippen molar-refractivity contribution in [2.75, 3.05) is 0 Å². The van der Waals surface area contributed by atoms with Crippen LogP contribution in [-0.4, -0.2) is 19.9 Å². The molecule has 0 saturated heterocycles. The summed E-state index contributed by atoms with van der Waals surface area (Å²) in [5.41, 5.74) is 6.80. The lowest BCUT2D eigenvalue weighted by Gasteiger charge is -2.08. The Morgan fingerprint density at radius 3 is 2.75 bits per heavy atom. The maximum atomic E-state index is 5.70. The van der Waals surface area contributed by atoms with Gasteiger partial charge in [0, 0.05) is 30.0 Å². The first-order valence-electron chi connectivity index (χ1n) is 5.87. The monoisotopic (exact) mass is 282 g/mol. The molecule has 0 amide bonds. The second-order valence-corrected chi connectivity index (χ2v) is 4.47. The predicted octanol–water partition coefficient (Wildman–Crippen LogP) is 2.45. The molecule has 0 atom stereocenters. The number of hydrogen-bond donors (Lipinski definition) is 1. The standard InChI is InChI=1S/C14H10N4OS/c15-13(20)12-14(18-7-6-17-12)19-10-4-3-9-2-1-5-16-11(9)8-10/h1-8H,(H2,15,20). The van der Waals surface area contributed by atoms with Gasteiger partial charge in [-0.25, -0.2) is 9.97 Å². The zero-order valence-electron chi connectivity index (χ0n) is 10.4. The van der Waals surface area contributed by atoms with Crippen LogP contribution in [0.1, 0.15) is 5.69 Å². The number of nitrogens with zero attached hydrogens (tertiary/aromatic N) is 3. The molecule has 98 valence electrons. The fourth-order valence-electron chi connectivity index (χ4n) is 1.79. The Hall–Kier alpha value is -2.60. The van der Waals surface area contributed by atoms with Crippen LogP contribution in [0.2, 0.25) is 0 Å². The van der Waals surface area contributed by atoms with E-state index in [1.54, 1.807) is 6.20 Å². The maximum Gasteiger partial charge on any atom is 0.248 e. The van der Waals surface area contributed by atoms with Crippen LogP contribution < -0.4 is 10.5 Å². The number of aromatic nitrogens is 3. The lowest BCUT2D eigenvalue weighted by Crippen LogP contribution is -2.13. The fraction of sp³-hybridized carbons (Fsp3) is 0. The Kier molecular flexibility index (Phi) is 3.22. The molecule has 0 aliphatic rings. The molecule has 0 unspecified atom stereocenters. The number of pyridine rings is 1. The molecule has 3 aromatic rings. The third-order valence-corrected chi connectivity index (χ3v) is 2.88. The largest absolute Gasteiger partial charge is 0.437 e. The Morgan fingerprint density at radius 1 is 1.05 bits per heavy atom. The summed E-state index contributed by atoms with van der Waals surface area (Å²) in [5.74, 6) is 0.893. The lowest BCUT2D eigenvalue weighted by molar-refractivity contribution is 0.459. The van der Waals surface area contributed by atoms with Gasteiger partial charge in [-0.15, -0.1) is 0 Å². The Bertz CT molecular complexity index is 791. The summed E-state index contributed by atoms with van der Waals surface area (Å²) in [6.45, 7) is 0. The minimum absolute atomic E-state index is 0.145. The van der Waals surface area contributed by atoms with E-state index in [-0.39, 0.29) is 10.9 Å². The highest BCUT2D eigenvalue weighted by molar-refractivity contribution is 7.80. The molecule has 2 heterocycles. The first-order valence-corrected chi connectivity index (χ1v) is 6.28. The summed E-state index contributed by atoms with van der Waals surface area (Å²) in [7, 11) is 0. The Morgan fingerprint density at radius 2 is 1.90 bits per heavy atom. The third kappa shape index (κ3) is 2.41. The van der Waals surface area contributed by atoms with Crippen LogP contribution in [0, 0.1) is 0 Å². The van der Waals surface area contributed by atoms with Crippen molar-refractivity contribution in [3.05, 3.63) is 54.6 Å². The Balaban J connectivity index is 1.99. The normalized spacial score (nSPS) is 10.4. The highest BCUT2D eigenvalue weighted by atomic mass is 32.1. The second-order valence-electron chi connectivity index (χ2n) is 4.03. The molecule has 2 aromatic heterocycles. The molecule has 0 fully saturated rings. The minimum Gasteiger partial charge on any atom is -0.437 e. The molecule has 0 aliphatic heterocycles. The molecule has 6 heteroatoms. The van der Waals surface area contributed by atoms with Gasteiger partial charge in [0.05, 0.1) is 5.52 Å². The van der Waals surface area contributed by atoms with Crippen molar-refractivity contribution in [1.82, 2.24) is 15.0 Å². The number of nitrogens with two attached hydrogens (primary N) is 1. The van der Waals surface area contributed by atoms with Gasteiger partial charge < -0.3 is 10.5 Å². The predicted molar refractivity (Wildman–Crippen MR) is 79.7 cm³/mol. The SMILES string of the molecule is NC(=S)c1nccnc1Oc1ccc2cccnc2c1. The number of rotatable bonds is 3.